The van der Waals surface area contributed by atoms with E-state index in [2.05, 4.69) is 4.98 Å². The minimum atomic E-state index is -1.00. The van der Waals surface area contributed by atoms with E-state index >= 15 is 0 Å². The Morgan fingerprint density at radius 1 is 1.24 bits per heavy atom. The van der Waals surface area contributed by atoms with Crippen molar-refractivity contribution in [2.24, 2.45) is 0 Å². The summed E-state index contributed by atoms with van der Waals surface area (Å²) >= 11 is 0. The number of benzene rings is 1. The molecule has 1 amide bonds. The number of nitrogens with zero attached hydrogens (tertiary/aromatic N) is 1. The summed E-state index contributed by atoms with van der Waals surface area (Å²) in [6.45, 7) is 3.21. The lowest BCUT2D eigenvalue weighted by atomic mass is 9.91. The maximum absolute atomic E-state index is 12.6. The van der Waals surface area contributed by atoms with E-state index in [-0.39, 0.29) is 13.0 Å². The molecular weight excluding hydrogens is 324 g/mol. The van der Waals surface area contributed by atoms with Gasteiger partial charge in [0.1, 0.15) is 6.04 Å². The van der Waals surface area contributed by atoms with E-state index in [1.807, 2.05) is 24.3 Å². The number of fused-ring (bicyclic) bond motifs is 3. The van der Waals surface area contributed by atoms with E-state index in [0.717, 1.165) is 16.5 Å². The number of methoxy groups -OCH3 is 1. The zero-order valence-electron chi connectivity index (χ0n) is 14.4. The summed E-state index contributed by atoms with van der Waals surface area (Å²) in [5.41, 5.74) is 2.27. The Kier molecular flexibility index (Phi) is 4.48. The maximum Gasteiger partial charge on any atom is 0.335 e. The Hall–Kier alpha value is -2.83. The van der Waals surface area contributed by atoms with Crippen LogP contribution >= 0.6 is 0 Å². The fourth-order valence-corrected chi connectivity index (χ4v) is 3.47. The number of carbonyl (C=O) groups is 3. The largest absolute Gasteiger partial charge is 0.467 e. The smallest absolute Gasteiger partial charge is 0.335 e. The molecule has 132 valence electrons. The first-order chi connectivity index (χ1) is 12.0. The Labute approximate surface area is 144 Å². The van der Waals surface area contributed by atoms with Crippen molar-refractivity contribution in [3.63, 3.8) is 0 Å². The summed E-state index contributed by atoms with van der Waals surface area (Å²) in [5.74, 6) is -1.52. The molecule has 2 unspecified atom stereocenters. The lowest BCUT2D eigenvalue weighted by Crippen LogP contribution is -2.53. The van der Waals surface area contributed by atoms with Crippen molar-refractivity contribution in [1.29, 1.82) is 0 Å². The van der Waals surface area contributed by atoms with E-state index in [1.54, 1.807) is 6.92 Å². The number of H-pyrrole nitrogens is 1. The Bertz CT molecular complexity index is 841. The van der Waals surface area contributed by atoms with Crippen LogP contribution in [-0.4, -0.2) is 47.5 Å². The van der Waals surface area contributed by atoms with Crippen LogP contribution in [0.25, 0.3) is 10.9 Å². The lowest BCUT2D eigenvalue weighted by molar-refractivity contribution is -0.164. The molecule has 0 fully saturated rings. The molecule has 0 bridgehead atoms. The first kappa shape index (κ1) is 17.0. The predicted molar refractivity (Wildman–Crippen MR) is 89.7 cm³/mol. The number of esters is 2. The van der Waals surface area contributed by atoms with Gasteiger partial charge in [-0.3, -0.25) is 4.79 Å². The minimum Gasteiger partial charge on any atom is -0.467 e. The fourth-order valence-electron chi connectivity index (χ4n) is 3.47. The van der Waals surface area contributed by atoms with E-state index < -0.39 is 29.9 Å². The second-order valence-corrected chi connectivity index (χ2v) is 5.89. The molecule has 7 nitrogen and oxygen atoms in total. The SMILES string of the molecule is CCOC(=O)C1c2[nH]c3ccccc3c2CC(C(=O)OC)N1C(C)=O. The van der Waals surface area contributed by atoms with Gasteiger partial charge in [0, 0.05) is 24.2 Å². The molecular formula is C18H20N2O5. The number of ether oxygens (including phenoxy) is 2. The minimum absolute atomic E-state index is 0.180. The zero-order chi connectivity index (χ0) is 18.1. The molecule has 0 spiro atoms. The number of amides is 1. The van der Waals surface area contributed by atoms with Crippen LogP contribution in [0.4, 0.5) is 0 Å². The molecule has 1 aliphatic rings. The van der Waals surface area contributed by atoms with Gasteiger partial charge in [0.25, 0.3) is 0 Å². The van der Waals surface area contributed by atoms with Crippen LogP contribution in [0.15, 0.2) is 24.3 Å². The van der Waals surface area contributed by atoms with Gasteiger partial charge in [-0.1, -0.05) is 18.2 Å². The first-order valence-corrected chi connectivity index (χ1v) is 8.12. The average Bonchev–Trinajstić information content (AvgIpc) is 2.97. The van der Waals surface area contributed by atoms with Crippen molar-refractivity contribution < 1.29 is 23.9 Å². The van der Waals surface area contributed by atoms with Crippen molar-refractivity contribution >= 4 is 28.7 Å². The number of para-hydroxylation sites is 1. The molecule has 0 saturated carbocycles. The molecule has 1 N–H and O–H groups in total. The van der Waals surface area contributed by atoms with Crippen molar-refractivity contribution in [2.75, 3.05) is 13.7 Å². The monoisotopic (exact) mass is 344 g/mol. The van der Waals surface area contributed by atoms with Crippen molar-refractivity contribution in [3.8, 4) is 0 Å². The van der Waals surface area contributed by atoms with Crippen molar-refractivity contribution in [3.05, 3.63) is 35.5 Å². The number of hydrogen-bond donors (Lipinski definition) is 1. The molecule has 1 aromatic carbocycles. The molecule has 0 radical (unpaired) electrons. The topological polar surface area (TPSA) is 88.7 Å². The Morgan fingerprint density at radius 3 is 2.60 bits per heavy atom. The summed E-state index contributed by atoms with van der Waals surface area (Å²) in [5, 5.41) is 0.920. The second-order valence-electron chi connectivity index (χ2n) is 5.89. The molecule has 1 aliphatic heterocycles. The highest BCUT2D eigenvalue weighted by molar-refractivity contribution is 5.94. The van der Waals surface area contributed by atoms with Gasteiger partial charge < -0.3 is 19.4 Å². The third-order valence-corrected chi connectivity index (χ3v) is 4.48. The van der Waals surface area contributed by atoms with E-state index in [4.69, 9.17) is 9.47 Å². The summed E-state index contributed by atoms with van der Waals surface area (Å²) in [4.78, 5) is 41.7. The van der Waals surface area contributed by atoms with Crippen LogP contribution in [-0.2, 0) is 30.3 Å². The molecule has 3 rings (SSSR count). The first-order valence-electron chi connectivity index (χ1n) is 8.12. The van der Waals surface area contributed by atoms with Gasteiger partial charge in [-0.15, -0.1) is 0 Å². The number of hydrogen-bond acceptors (Lipinski definition) is 5. The van der Waals surface area contributed by atoms with Gasteiger partial charge in [-0.2, -0.15) is 0 Å². The molecule has 25 heavy (non-hydrogen) atoms. The second kappa shape index (κ2) is 6.58. The van der Waals surface area contributed by atoms with Crippen LogP contribution in [0.1, 0.15) is 31.1 Å². The van der Waals surface area contributed by atoms with E-state index in [9.17, 15) is 14.4 Å². The number of aromatic nitrogens is 1. The normalized spacial score (nSPS) is 19.4. The molecule has 1 aromatic heterocycles. The van der Waals surface area contributed by atoms with E-state index in [1.165, 1.54) is 18.9 Å². The Morgan fingerprint density at radius 2 is 1.96 bits per heavy atom. The predicted octanol–water partition coefficient (Wildman–Crippen LogP) is 1.72. The van der Waals surface area contributed by atoms with Gasteiger partial charge in [0.05, 0.1) is 19.4 Å². The molecule has 7 heteroatoms. The third kappa shape index (κ3) is 2.75. The van der Waals surface area contributed by atoms with Crippen LogP contribution in [0.2, 0.25) is 0 Å². The highest BCUT2D eigenvalue weighted by atomic mass is 16.5. The summed E-state index contributed by atoms with van der Waals surface area (Å²) in [6.07, 6.45) is 0.279. The maximum atomic E-state index is 12.6. The highest BCUT2D eigenvalue weighted by Gasteiger charge is 2.46. The molecule has 2 aromatic rings. The van der Waals surface area contributed by atoms with Gasteiger partial charge >= 0.3 is 11.9 Å². The highest BCUT2D eigenvalue weighted by Crippen LogP contribution is 2.38. The van der Waals surface area contributed by atoms with E-state index in [0.29, 0.717) is 5.69 Å². The standard InChI is InChI=1S/C18H20N2O5/c1-4-25-18(23)16-15-12(11-7-5-6-8-13(11)19-15)9-14(17(22)24-3)20(16)10(2)21/h5-8,14,16,19H,4,9H2,1-3H3. The number of aromatic amines is 1. The number of rotatable bonds is 3. The van der Waals surface area contributed by atoms with Gasteiger partial charge in [0.2, 0.25) is 5.91 Å². The van der Waals surface area contributed by atoms with Crippen molar-refractivity contribution in [1.82, 2.24) is 9.88 Å². The number of nitrogens with one attached hydrogen (secondary N) is 1. The summed E-state index contributed by atoms with van der Waals surface area (Å²) in [6, 6.07) is 5.71. The average molecular weight is 344 g/mol. The van der Waals surface area contributed by atoms with Crippen LogP contribution in [0, 0.1) is 0 Å². The zero-order valence-corrected chi connectivity index (χ0v) is 14.4. The molecule has 0 aliphatic carbocycles. The molecule has 2 atom stereocenters. The third-order valence-electron chi connectivity index (χ3n) is 4.48. The van der Waals surface area contributed by atoms with Crippen LogP contribution in [0.5, 0.6) is 0 Å². The molecule has 2 heterocycles. The summed E-state index contributed by atoms with van der Waals surface area (Å²) < 4.78 is 10.0. The van der Waals surface area contributed by atoms with Crippen molar-refractivity contribution in [2.45, 2.75) is 32.4 Å². The molecule has 0 saturated heterocycles. The fraction of sp³-hybridized carbons (Fsp3) is 0.389. The van der Waals surface area contributed by atoms with Gasteiger partial charge in [-0.25, -0.2) is 9.59 Å². The quantitative estimate of drug-likeness (QED) is 0.857. The van der Waals surface area contributed by atoms with Crippen LogP contribution in [0.3, 0.4) is 0 Å². The van der Waals surface area contributed by atoms with Gasteiger partial charge in [0.15, 0.2) is 6.04 Å². The summed E-state index contributed by atoms with van der Waals surface area (Å²) in [7, 11) is 1.27. The Balaban J connectivity index is 2.22. The van der Waals surface area contributed by atoms with Crippen LogP contribution < -0.4 is 0 Å². The van der Waals surface area contributed by atoms with Gasteiger partial charge in [-0.05, 0) is 18.6 Å². The lowest BCUT2D eigenvalue weighted by Gasteiger charge is -2.38. The number of carbonyl (C=O) groups excluding carboxylic acids is 3.